The molecule has 0 N–H and O–H groups in total. The number of nitrogens with zero attached hydrogens (tertiary/aromatic N) is 1. The molecule has 0 bridgehead atoms. The number of methoxy groups -OCH3 is 2. The monoisotopic (exact) mass is 269 g/mol. The molecule has 104 valence electrons. The zero-order chi connectivity index (χ0) is 14.4. The van der Waals surface area contributed by atoms with Crippen molar-refractivity contribution in [3.63, 3.8) is 0 Å². The van der Waals surface area contributed by atoms with Crippen molar-refractivity contribution >= 4 is 5.71 Å². The predicted octanol–water partition coefficient (Wildman–Crippen LogP) is 3.71. The fourth-order valence-electron chi connectivity index (χ4n) is 1.95. The topological polar surface area (TPSA) is 30.8 Å². The van der Waals surface area contributed by atoms with Gasteiger partial charge < -0.3 is 9.47 Å². The largest absolute Gasteiger partial charge is 0.493 e. The van der Waals surface area contributed by atoms with Crippen LogP contribution in [0, 0.1) is 0 Å². The van der Waals surface area contributed by atoms with Gasteiger partial charge in [-0.1, -0.05) is 30.3 Å². The predicted molar refractivity (Wildman–Crippen MR) is 81.9 cm³/mol. The van der Waals surface area contributed by atoms with E-state index in [2.05, 4.69) is 17.1 Å². The molecule has 0 aliphatic carbocycles. The molecule has 2 aromatic rings. The van der Waals surface area contributed by atoms with Crippen LogP contribution in [0.25, 0.3) is 0 Å². The molecule has 0 fully saturated rings. The van der Waals surface area contributed by atoms with Gasteiger partial charge in [-0.2, -0.15) is 0 Å². The van der Waals surface area contributed by atoms with Crippen LogP contribution in [0.1, 0.15) is 18.1 Å². The fourth-order valence-corrected chi connectivity index (χ4v) is 1.95. The Morgan fingerprint density at radius 1 is 0.950 bits per heavy atom. The number of rotatable bonds is 5. The molecular weight excluding hydrogens is 250 g/mol. The highest BCUT2D eigenvalue weighted by atomic mass is 16.5. The van der Waals surface area contributed by atoms with Crippen molar-refractivity contribution in [3.05, 3.63) is 59.7 Å². The van der Waals surface area contributed by atoms with Crippen LogP contribution in [0.5, 0.6) is 11.5 Å². The Bertz CT molecular complexity index is 591. The second-order valence-electron chi connectivity index (χ2n) is 4.46. The Balaban J connectivity index is 2.18. The number of hydrogen-bond donors (Lipinski definition) is 0. The molecule has 20 heavy (non-hydrogen) atoms. The summed E-state index contributed by atoms with van der Waals surface area (Å²) in [5.74, 6) is 1.45. The molecule has 2 rings (SSSR count). The summed E-state index contributed by atoms with van der Waals surface area (Å²) in [7, 11) is 3.27. The molecule has 0 aliphatic rings. The molecule has 0 radical (unpaired) electrons. The van der Waals surface area contributed by atoms with Crippen molar-refractivity contribution in [3.8, 4) is 11.5 Å². The normalized spacial score (nSPS) is 11.2. The molecule has 0 aromatic heterocycles. The van der Waals surface area contributed by atoms with Gasteiger partial charge in [0.15, 0.2) is 11.5 Å². The molecule has 3 heteroatoms. The first-order valence-electron chi connectivity index (χ1n) is 6.52. The lowest BCUT2D eigenvalue weighted by Gasteiger charge is -2.09. The molecule has 3 nitrogen and oxygen atoms in total. The van der Waals surface area contributed by atoms with Gasteiger partial charge in [-0.3, -0.25) is 4.99 Å². The summed E-state index contributed by atoms with van der Waals surface area (Å²) in [6.45, 7) is 2.69. The summed E-state index contributed by atoms with van der Waals surface area (Å²) >= 11 is 0. The highest BCUT2D eigenvalue weighted by molar-refractivity contribution is 5.99. The van der Waals surface area contributed by atoms with E-state index in [-0.39, 0.29) is 0 Å². The van der Waals surface area contributed by atoms with E-state index in [0.29, 0.717) is 6.54 Å². The highest BCUT2D eigenvalue weighted by Gasteiger charge is 2.06. The van der Waals surface area contributed by atoms with Crippen LogP contribution in [-0.2, 0) is 6.54 Å². The Morgan fingerprint density at radius 3 is 2.30 bits per heavy atom. The van der Waals surface area contributed by atoms with E-state index in [4.69, 9.17) is 9.47 Å². The van der Waals surface area contributed by atoms with Gasteiger partial charge in [-0.05, 0) is 36.2 Å². The van der Waals surface area contributed by atoms with Gasteiger partial charge in [0.2, 0.25) is 0 Å². The van der Waals surface area contributed by atoms with Crippen molar-refractivity contribution in [2.45, 2.75) is 13.5 Å². The van der Waals surface area contributed by atoms with Crippen LogP contribution in [-0.4, -0.2) is 19.9 Å². The Morgan fingerprint density at radius 2 is 1.65 bits per heavy atom. The maximum Gasteiger partial charge on any atom is 0.161 e. The summed E-state index contributed by atoms with van der Waals surface area (Å²) in [5, 5.41) is 0. The molecule has 0 atom stereocenters. The van der Waals surface area contributed by atoms with E-state index in [9.17, 15) is 0 Å². The zero-order valence-corrected chi connectivity index (χ0v) is 12.1. The van der Waals surface area contributed by atoms with E-state index in [1.807, 2.05) is 43.3 Å². The molecule has 0 heterocycles. The molecule has 0 amide bonds. The molecule has 0 unspecified atom stereocenters. The summed E-state index contributed by atoms with van der Waals surface area (Å²) < 4.78 is 10.5. The van der Waals surface area contributed by atoms with Crippen molar-refractivity contribution in [2.24, 2.45) is 4.99 Å². The fraction of sp³-hybridized carbons (Fsp3) is 0.235. The summed E-state index contributed by atoms with van der Waals surface area (Å²) in [6.07, 6.45) is 0. The van der Waals surface area contributed by atoms with Gasteiger partial charge in [0.25, 0.3) is 0 Å². The lowest BCUT2D eigenvalue weighted by molar-refractivity contribution is 0.355. The van der Waals surface area contributed by atoms with Crippen LogP contribution < -0.4 is 9.47 Å². The van der Waals surface area contributed by atoms with E-state index in [1.165, 1.54) is 5.56 Å². The van der Waals surface area contributed by atoms with Gasteiger partial charge in [-0.15, -0.1) is 0 Å². The van der Waals surface area contributed by atoms with Gasteiger partial charge in [-0.25, -0.2) is 0 Å². The van der Waals surface area contributed by atoms with E-state index in [0.717, 1.165) is 22.8 Å². The molecule has 0 saturated heterocycles. The number of benzene rings is 2. The SMILES string of the molecule is COc1ccc(C(C)=NCc2ccccc2)cc1OC. The van der Waals surface area contributed by atoms with Crippen LogP contribution in [0.4, 0.5) is 0 Å². The van der Waals surface area contributed by atoms with Gasteiger partial charge in [0.05, 0.1) is 20.8 Å². The average Bonchev–Trinajstić information content (AvgIpc) is 2.52. The average molecular weight is 269 g/mol. The summed E-state index contributed by atoms with van der Waals surface area (Å²) in [4.78, 5) is 4.62. The highest BCUT2D eigenvalue weighted by Crippen LogP contribution is 2.27. The maximum atomic E-state index is 5.31. The third-order valence-corrected chi connectivity index (χ3v) is 3.14. The second-order valence-corrected chi connectivity index (χ2v) is 4.46. The van der Waals surface area contributed by atoms with Crippen molar-refractivity contribution in [2.75, 3.05) is 14.2 Å². The van der Waals surface area contributed by atoms with E-state index < -0.39 is 0 Å². The number of ether oxygens (including phenoxy) is 2. The van der Waals surface area contributed by atoms with Crippen molar-refractivity contribution in [1.29, 1.82) is 0 Å². The molecule has 0 aliphatic heterocycles. The first-order valence-corrected chi connectivity index (χ1v) is 6.52. The van der Waals surface area contributed by atoms with Crippen LogP contribution in [0.15, 0.2) is 53.5 Å². The molecular formula is C17H19NO2. The van der Waals surface area contributed by atoms with Gasteiger partial charge in [0, 0.05) is 5.71 Å². The van der Waals surface area contributed by atoms with Gasteiger partial charge in [0.1, 0.15) is 0 Å². The molecule has 2 aromatic carbocycles. The zero-order valence-electron chi connectivity index (χ0n) is 12.1. The summed E-state index contributed by atoms with van der Waals surface area (Å²) in [5.41, 5.74) is 3.22. The molecule has 0 saturated carbocycles. The van der Waals surface area contributed by atoms with E-state index in [1.54, 1.807) is 14.2 Å². The van der Waals surface area contributed by atoms with E-state index >= 15 is 0 Å². The lowest BCUT2D eigenvalue weighted by atomic mass is 10.1. The lowest BCUT2D eigenvalue weighted by Crippen LogP contribution is -1.98. The minimum atomic E-state index is 0.682. The number of aliphatic imine (C=N–C) groups is 1. The standard InChI is InChI=1S/C17H19NO2/c1-13(18-12-14-7-5-4-6-8-14)15-9-10-16(19-2)17(11-15)20-3/h4-11H,12H2,1-3H3. The second kappa shape index (κ2) is 6.75. The van der Waals surface area contributed by atoms with Crippen LogP contribution in [0.3, 0.4) is 0 Å². The quantitative estimate of drug-likeness (QED) is 0.775. The third-order valence-electron chi connectivity index (χ3n) is 3.14. The Hall–Kier alpha value is -2.29. The minimum Gasteiger partial charge on any atom is -0.493 e. The number of hydrogen-bond acceptors (Lipinski definition) is 3. The van der Waals surface area contributed by atoms with Crippen molar-refractivity contribution < 1.29 is 9.47 Å². The van der Waals surface area contributed by atoms with Crippen LogP contribution in [0.2, 0.25) is 0 Å². The third kappa shape index (κ3) is 3.38. The first-order chi connectivity index (χ1) is 9.74. The molecule has 0 spiro atoms. The Labute approximate surface area is 119 Å². The smallest absolute Gasteiger partial charge is 0.161 e. The first kappa shape index (κ1) is 14.1. The maximum absolute atomic E-state index is 5.31. The van der Waals surface area contributed by atoms with Crippen LogP contribution >= 0.6 is 0 Å². The van der Waals surface area contributed by atoms with Crippen molar-refractivity contribution in [1.82, 2.24) is 0 Å². The Kier molecular flexibility index (Phi) is 4.77. The minimum absolute atomic E-state index is 0.682. The van der Waals surface area contributed by atoms with Gasteiger partial charge >= 0.3 is 0 Å². The summed E-state index contributed by atoms with van der Waals surface area (Å²) in [6, 6.07) is 16.0.